The van der Waals surface area contributed by atoms with Gasteiger partial charge in [0.15, 0.2) is 0 Å². The van der Waals surface area contributed by atoms with E-state index in [0.29, 0.717) is 5.76 Å². The molecule has 1 atom stereocenters. The zero-order valence-corrected chi connectivity index (χ0v) is 20.2. The maximum absolute atomic E-state index is 13.7. The smallest absolute Gasteiger partial charge is 0.296 e. The second kappa shape index (κ2) is 10.3. The first kappa shape index (κ1) is 23.1. The van der Waals surface area contributed by atoms with E-state index < -0.39 is 0 Å². The molecule has 2 aliphatic heterocycles. The molecule has 0 spiro atoms. The van der Waals surface area contributed by atoms with Gasteiger partial charge in [0.1, 0.15) is 0 Å². The van der Waals surface area contributed by atoms with E-state index in [1.54, 1.807) is 0 Å². The van der Waals surface area contributed by atoms with Gasteiger partial charge < -0.3 is 9.64 Å². The minimum atomic E-state index is -0.0824. The number of para-hydroxylation sites is 1. The molecule has 4 rings (SSSR count). The molecule has 2 heterocycles. The summed E-state index contributed by atoms with van der Waals surface area (Å²) < 4.78 is 6.17. The number of amides is 1. The third-order valence-electron chi connectivity index (χ3n) is 6.18. The lowest BCUT2D eigenvalue weighted by atomic mass is 10.1. The highest BCUT2D eigenvalue weighted by molar-refractivity contribution is 6.06. The van der Waals surface area contributed by atoms with Gasteiger partial charge in [-0.2, -0.15) is 0 Å². The molecule has 33 heavy (non-hydrogen) atoms. The Morgan fingerprint density at radius 3 is 2.39 bits per heavy atom. The quantitative estimate of drug-likeness (QED) is 0.643. The third-order valence-corrected chi connectivity index (χ3v) is 6.18. The Morgan fingerprint density at radius 2 is 1.73 bits per heavy atom. The Bertz CT molecular complexity index is 1020. The molecule has 1 unspecified atom stereocenters. The van der Waals surface area contributed by atoms with Crippen LogP contribution < -0.4 is 4.90 Å². The fraction of sp³-hybridized carbons (Fsp3) is 0.393. The number of allylic oxidation sites excluding steroid dienone is 1. The standard InChI is InChI=1S/C28H35N3O2/c1-21(2)33-27-26(14-13-23(4)31(28(27)32)25-11-6-5-7-12-25)30-17-15-29(16-18-30)20-24-10-8-9-22(3)19-24/h5-14,19,21,23H,15-18,20H2,1-4H3. The molecule has 0 N–H and O–H groups in total. The van der Waals surface area contributed by atoms with Crippen molar-refractivity contribution >= 4 is 11.6 Å². The predicted octanol–water partition coefficient (Wildman–Crippen LogP) is 4.74. The van der Waals surface area contributed by atoms with Crippen molar-refractivity contribution in [2.45, 2.75) is 46.4 Å². The van der Waals surface area contributed by atoms with E-state index in [1.165, 1.54) is 11.1 Å². The number of hydrogen-bond donors (Lipinski definition) is 0. The minimum absolute atomic E-state index is 0.0641. The number of anilines is 1. The zero-order chi connectivity index (χ0) is 23.4. The highest BCUT2D eigenvalue weighted by Gasteiger charge is 2.33. The SMILES string of the molecule is Cc1cccc(CN2CCN(C3=C(OC(C)C)C(=O)N(c4ccccc4)C(C)C=C3)CC2)c1. The molecule has 0 saturated carbocycles. The number of benzene rings is 2. The lowest BCUT2D eigenvalue weighted by Gasteiger charge is -2.37. The summed E-state index contributed by atoms with van der Waals surface area (Å²) in [6, 6.07) is 18.5. The summed E-state index contributed by atoms with van der Waals surface area (Å²) in [5.41, 5.74) is 4.43. The number of aryl methyl sites for hydroxylation is 1. The van der Waals surface area contributed by atoms with Gasteiger partial charge in [0.05, 0.1) is 17.8 Å². The van der Waals surface area contributed by atoms with Crippen molar-refractivity contribution in [3.63, 3.8) is 0 Å². The van der Waals surface area contributed by atoms with Crippen LogP contribution >= 0.6 is 0 Å². The number of rotatable bonds is 6. The lowest BCUT2D eigenvalue weighted by molar-refractivity contribution is -0.119. The first-order valence-electron chi connectivity index (χ1n) is 11.9. The van der Waals surface area contributed by atoms with Gasteiger partial charge in [-0.05, 0) is 51.5 Å². The molecular formula is C28H35N3O2. The molecular weight excluding hydrogens is 410 g/mol. The number of carbonyl (C=O) groups is 1. The molecule has 0 aromatic heterocycles. The maximum atomic E-state index is 13.7. The third kappa shape index (κ3) is 5.48. The second-order valence-electron chi connectivity index (χ2n) is 9.24. The molecule has 5 nitrogen and oxygen atoms in total. The van der Waals surface area contributed by atoms with E-state index >= 15 is 0 Å². The summed E-state index contributed by atoms with van der Waals surface area (Å²) >= 11 is 0. The molecule has 1 amide bonds. The number of nitrogens with zero attached hydrogens (tertiary/aromatic N) is 3. The first-order valence-corrected chi connectivity index (χ1v) is 11.9. The van der Waals surface area contributed by atoms with Crippen molar-refractivity contribution in [3.05, 3.63) is 89.3 Å². The average Bonchev–Trinajstić information content (AvgIpc) is 2.91. The first-order chi connectivity index (χ1) is 15.9. The van der Waals surface area contributed by atoms with Crippen LogP contribution in [0.15, 0.2) is 78.2 Å². The van der Waals surface area contributed by atoms with Crippen LogP contribution in [0.25, 0.3) is 0 Å². The van der Waals surface area contributed by atoms with Crippen LogP contribution in [0, 0.1) is 6.92 Å². The van der Waals surface area contributed by atoms with Crippen molar-refractivity contribution in [1.29, 1.82) is 0 Å². The van der Waals surface area contributed by atoms with Crippen molar-refractivity contribution in [1.82, 2.24) is 9.80 Å². The van der Waals surface area contributed by atoms with Crippen molar-refractivity contribution in [2.75, 3.05) is 31.1 Å². The van der Waals surface area contributed by atoms with E-state index in [0.717, 1.165) is 44.1 Å². The van der Waals surface area contributed by atoms with Crippen LogP contribution in [-0.4, -0.2) is 54.0 Å². The summed E-state index contributed by atoms with van der Waals surface area (Å²) in [5.74, 6) is 0.367. The Labute approximate surface area is 197 Å². The van der Waals surface area contributed by atoms with E-state index in [9.17, 15) is 4.79 Å². The van der Waals surface area contributed by atoms with Crippen LogP contribution in [0.3, 0.4) is 0 Å². The van der Waals surface area contributed by atoms with Crippen LogP contribution in [0.2, 0.25) is 0 Å². The van der Waals surface area contributed by atoms with Gasteiger partial charge in [0.2, 0.25) is 5.76 Å². The molecule has 0 radical (unpaired) electrons. The molecule has 174 valence electrons. The number of piperazine rings is 1. The maximum Gasteiger partial charge on any atom is 0.296 e. The van der Waals surface area contributed by atoms with E-state index in [-0.39, 0.29) is 18.1 Å². The van der Waals surface area contributed by atoms with Gasteiger partial charge >= 0.3 is 0 Å². The Kier molecular flexibility index (Phi) is 7.19. The molecule has 1 fully saturated rings. The number of ether oxygens (including phenoxy) is 1. The average molecular weight is 446 g/mol. The van der Waals surface area contributed by atoms with Gasteiger partial charge in [-0.3, -0.25) is 14.6 Å². The van der Waals surface area contributed by atoms with Gasteiger partial charge in [-0.25, -0.2) is 0 Å². The van der Waals surface area contributed by atoms with Crippen LogP contribution in [-0.2, 0) is 16.1 Å². The molecule has 0 aliphatic carbocycles. The van der Waals surface area contributed by atoms with E-state index in [4.69, 9.17) is 4.74 Å². The lowest BCUT2D eigenvalue weighted by Crippen LogP contribution is -2.46. The highest BCUT2D eigenvalue weighted by atomic mass is 16.5. The van der Waals surface area contributed by atoms with Gasteiger partial charge in [-0.15, -0.1) is 0 Å². The summed E-state index contributed by atoms with van der Waals surface area (Å²) in [5, 5.41) is 0. The Hall–Kier alpha value is -3.05. The van der Waals surface area contributed by atoms with Crippen molar-refractivity contribution in [2.24, 2.45) is 0 Å². The van der Waals surface area contributed by atoms with Crippen molar-refractivity contribution in [3.8, 4) is 0 Å². The summed E-state index contributed by atoms with van der Waals surface area (Å²) in [6.45, 7) is 12.7. The second-order valence-corrected chi connectivity index (χ2v) is 9.24. The molecule has 2 aromatic rings. The molecule has 5 heteroatoms. The largest absolute Gasteiger partial charge is 0.484 e. The predicted molar refractivity (Wildman–Crippen MR) is 134 cm³/mol. The fourth-order valence-electron chi connectivity index (χ4n) is 4.55. The van der Waals surface area contributed by atoms with Gasteiger partial charge in [0.25, 0.3) is 5.91 Å². The number of carbonyl (C=O) groups excluding carboxylic acids is 1. The van der Waals surface area contributed by atoms with Gasteiger partial charge in [0, 0.05) is 38.4 Å². The monoisotopic (exact) mass is 445 g/mol. The van der Waals surface area contributed by atoms with Crippen molar-refractivity contribution < 1.29 is 9.53 Å². The Balaban J connectivity index is 1.55. The topological polar surface area (TPSA) is 36.0 Å². The zero-order valence-electron chi connectivity index (χ0n) is 20.2. The molecule has 2 aromatic carbocycles. The Morgan fingerprint density at radius 1 is 1.00 bits per heavy atom. The number of hydrogen-bond acceptors (Lipinski definition) is 4. The summed E-state index contributed by atoms with van der Waals surface area (Å²) in [4.78, 5) is 20.4. The minimum Gasteiger partial charge on any atom is -0.484 e. The molecule has 0 bridgehead atoms. The highest BCUT2D eigenvalue weighted by Crippen LogP contribution is 2.28. The van der Waals surface area contributed by atoms with Crippen LogP contribution in [0.5, 0.6) is 0 Å². The normalized spacial score (nSPS) is 19.9. The fourth-order valence-corrected chi connectivity index (χ4v) is 4.55. The van der Waals surface area contributed by atoms with E-state index in [1.807, 2.05) is 49.1 Å². The molecule has 1 saturated heterocycles. The summed E-state index contributed by atoms with van der Waals surface area (Å²) in [6.07, 6.45) is 4.11. The molecule has 2 aliphatic rings. The van der Waals surface area contributed by atoms with Gasteiger partial charge in [-0.1, -0.05) is 54.1 Å². The van der Waals surface area contributed by atoms with E-state index in [2.05, 4.69) is 60.1 Å². The van der Waals surface area contributed by atoms with Crippen LogP contribution in [0.4, 0.5) is 5.69 Å². The summed E-state index contributed by atoms with van der Waals surface area (Å²) in [7, 11) is 0. The van der Waals surface area contributed by atoms with Crippen LogP contribution in [0.1, 0.15) is 31.9 Å².